The molecule has 0 saturated heterocycles. The van der Waals surface area contributed by atoms with Crippen LogP contribution in [0.1, 0.15) is 47.3 Å². The Balaban J connectivity index is 2.06. The molecule has 0 aromatic carbocycles. The smallest absolute Gasteiger partial charge is 0.122 e. The summed E-state index contributed by atoms with van der Waals surface area (Å²) < 4.78 is 0. The minimum Gasteiger partial charge on any atom is -0.347 e. The first kappa shape index (κ1) is 12.3. The minimum atomic E-state index is 0.196. The van der Waals surface area contributed by atoms with E-state index in [1.807, 2.05) is 13.1 Å². The van der Waals surface area contributed by atoms with Crippen molar-refractivity contribution in [1.82, 2.24) is 20.3 Å². The van der Waals surface area contributed by atoms with Gasteiger partial charge in [-0.2, -0.15) is 0 Å². The molecule has 2 aromatic rings. The lowest BCUT2D eigenvalue weighted by Crippen LogP contribution is -2.24. The SMILES string of the molecule is Cc1nc(C(C)NC(C)c2ncc[nH]2)c(C)s1. The van der Waals surface area contributed by atoms with Crippen molar-refractivity contribution in [3.63, 3.8) is 0 Å². The highest BCUT2D eigenvalue weighted by Crippen LogP contribution is 2.24. The molecule has 0 saturated carbocycles. The number of hydrogen-bond acceptors (Lipinski definition) is 4. The first-order chi connectivity index (χ1) is 8.08. The quantitative estimate of drug-likeness (QED) is 0.877. The van der Waals surface area contributed by atoms with Gasteiger partial charge in [0.25, 0.3) is 0 Å². The van der Waals surface area contributed by atoms with E-state index < -0.39 is 0 Å². The number of rotatable bonds is 4. The molecule has 5 heteroatoms. The van der Waals surface area contributed by atoms with Gasteiger partial charge in [-0.25, -0.2) is 9.97 Å². The van der Waals surface area contributed by atoms with Crippen molar-refractivity contribution in [3.8, 4) is 0 Å². The van der Waals surface area contributed by atoms with Crippen LogP contribution in [0.4, 0.5) is 0 Å². The van der Waals surface area contributed by atoms with Crippen LogP contribution in [0, 0.1) is 13.8 Å². The van der Waals surface area contributed by atoms with E-state index in [-0.39, 0.29) is 12.1 Å². The third kappa shape index (κ3) is 2.73. The van der Waals surface area contributed by atoms with E-state index in [1.165, 1.54) is 4.88 Å². The highest BCUT2D eigenvalue weighted by molar-refractivity contribution is 7.11. The molecule has 0 aliphatic carbocycles. The fourth-order valence-corrected chi connectivity index (χ4v) is 2.91. The Morgan fingerprint density at radius 1 is 1.29 bits per heavy atom. The van der Waals surface area contributed by atoms with Gasteiger partial charge in [-0.1, -0.05) is 0 Å². The van der Waals surface area contributed by atoms with Gasteiger partial charge in [0.2, 0.25) is 0 Å². The van der Waals surface area contributed by atoms with Crippen LogP contribution in [0.2, 0.25) is 0 Å². The molecule has 17 heavy (non-hydrogen) atoms. The topological polar surface area (TPSA) is 53.6 Å². The Morgan fingerprint density at radius 3 is 2.59 bits per heavy atom. The molecular formula is C12H18N4S. The van der Waals surface area contributed by atoms with Gasteiger partial charge in [-0.05, 0) is 27.7 Å². The second-order valence-electron chi connectivity index (χ2n) is 4.26. The van der Waals surface area contributed by atoms with Crippen LogP contribution in [0.25, 0.3) is 0 Å². The third-order valence-corrected chi connectivity index (χ3v) is 3.68. The van der Waals surface area contributed by atoms with E-state index in [4.69, 9.17) is 0 Å². The second-order valence-corrected chi connectivity index (χ2v) is 5.67. The highest BCUT2D eigenvalue weighted by atomic mass is 32.1. The number of aromatic nitrogens is 3. The molecule has 92 valence electrons. The molecule has 2 heterocycles. The van der Waals surface area contributed by atoms with Gasteiger partial charge < -0.3 is 4.98 Å². The maximum absolute atomic E-state index is 4.57. The number of nitrogens with zero attached hydrogens (tertiary/aromatic N) is 2. The van der Waals surface area contributed by atoms with E-state index in [2.05, 4.69) is 41.0 Å². The molecule has 4 nitrogen and oxygen atoms in total. The van der Waals surface area contributed by atoms with Crippen molar-refractivity contribution in [1.29, 1.82) is 0 Å². The summed E-state index contributed by atoms with van der Waals surface area (Å²) in [6, 6.07) is 0.432. The summed E-state index contributed by atoms with van der Waals surface area (Å²) in [7, 11) is 0. The molecule has 0 fully saturated rings. The van der Waals surface area contributed by atoms with Crippen LogP contribution in [0.3, 0.4) is 0 Å². The fourth-order valence-electron chi connectivity index (χ4n) is 1.99. The Hall–Kier alpha value is -1.20. The molecule has 0 amide bonds. The van der Waals surface area contributed by atoms with Crippen molar-refractivity contribution in [3.05, 3.63) is 33.8 Å². The molecule has 2 atom stereocenters. The molecular weight excluding hydrogens is 232 g/mol. The third-order valence-electron chi connectivity index (χ3n) is 2.78. The maximum atomic E-state index is 4.57. The van der Waals surface area contributed by atoms with Crippen molar-refractivity contribution in [2.45, 2.75) is 39.8 Å². The van der Waals surface area contributed by atoms with Crippen molar-refractivity contribution in [2.24, 2.45) is 0 Å². The van der Waals surface area contributed by atoms with E-state index in [1.54, 1.807) is 17.5 Å². The molecule has 0 aliphatic heterocycles. The van der Waals surface area contributed by atoms with Crippen LogP contribution in [-0.4, -0.2) is 15.0 Å². The zero-order valence-corrected chi connectivity index (χ0v) is 11.4. The lowest BCUT2D eigenvalue weighted by atomic mass is 10.2. The number of H-pyrrole nitrogens is 1. The predicted molar refractivity (Wildman–Crippen MR) is 70.1 cm³/mol. The monoisotopic (exact) mass is 250 g/mol. The Bertz CT molecular complexity index is 475. The van der Waals surface area contributed by atoms with Crippen LogP contribution >= 0.6 is 11.3 Å². The van der Waals surface area contributed by atoms with E-state index >= 15 is 0 Å². The summed E-state index contributed by atoms with van der Waals surface area (Å²) in [5, 5.41) is 4.63. The average Bonchev–Trinajstić information content (AvgIpc) is 2.87. The van der Waals surface area contributed by atoms with E-state index in [9.17, 15) is 0 Å². The minimum absolute atomic E-state index is 0.196. The molecule has 2 N–H and O–H groups in total. The number of aromatic amines is 1. The van der Waals surface area contributed by atoms with Crippen molar-refractivity contribution < 1.29 is 0 Å². The molecule has 2 aromatic heterocycles. The molecule has 0 aliphatic rings. The molecule has 0 spiro atoms. The Labute approximate surface area is 106 Å². The van der Waals surface area contributed by atoms with Crippen LogP contribution in [0.15, 0.2) is 12.4 Å². The van der Waals surface area contributed by atoms with Gasteiger partial charge in [0.15, 0.2) is 0 Å². The standard InChI is InChI=1S/C12H18N4S/c1-7(11-9(3)17-10(4)16-11)15-8(2)12-13-5-6-14-12/h5-8,15H,1-4H3,(H,13,14). The number of thiazole rings is 1. The fraction of sp³-hybridized carbons (Fsp3) is 0.500. The zero-order chi connectivity index (χ0) is 12.4. The Kier molecular flexibility index (Phi) is 3.59. The first-order valence-corrected chi connectivity index (χ1v) is 6.59. The lowest BCUT2D eigenvalue weighted by molar-refractivity contribution is 0.471. The van der Waals surface area contributed by atoms with Gasteiger partial charge in [-0.3, -0.25) is 5.32 Å². The maximum Gasteiger partial charge on any atom is 0.122 e. The first-order valence-electron chi connectivity index (χ1n) is 5.77. The second kappa shape index (κ2) is 4.98. The summed E-state index contributed by atoms with van der Waals surface area (Å²) in [6.45, 7) is 8.41. The number of nitrogens with one attached hydrogen (secondary N) is 2. The number of imidazole rings is 1. The largest absolute Gasteiger partial charge is 0.347 e. The summed E-state index contributed by atoms with van der Waals surface area (Å²) in [6.07, 6.45) is 3.62. The van der Waals surface area contributed by atoms with Gasteiger partial charge in [0.05, 0.1) is 16.7 Å². The summed E-state index contributed by atoms with van der Waals surface area (Å²) in [5.41, 5.74) is 1.14. The normalized spacial score (nSPS) is 14.8. The number of aryl methyl sites for hydroxylation is 2. The summed E-state index contributed by atoms with van der Waals surface area (Å²) >= 11 is 1.75. The van der Waals surface area contributed by atoms with Gasteiger partial charge in [0, 0.05) is 23.3 Å². The zero-order valence-electron chi connectivity index (χ0n) is 10.6. The van der Waals surface area contributed by atoms with Crippen molar-refractivity contribution in [2.75, 3.05) is 0 Å². The Morgan fingerprint density at radius 2 is 2.06 bits per heavy atom. The highest BCUT2D eigenvalue weighted by Gasteiger charge is 2.16. The van der Waals surface area contributed by atoms with Crippen LogP contribution in [0.5, 0.6) is 0 Å². The molecule has 0 radical (unpaired) electrons. The van der Waals surface area contributed by atoms with Crippen LogP contribution in [-0.2, 0) is 0 Å². The summed E-state index contributed by atoms with van der Waals surface area (Å²) in [5.74, 6) is 0.960. The van der Waals surface area contributed by atoms with Gasteiger partial charge >= 0.3 is 0 Å². The predicted octanol–water partition coefficient (Wildman–Crippen LogP) is 2.89. The summed E-state index contributed by atoms with van der Waals surface area (Å²) in [4.78, 5) is 13.2. The van der Waals surface area contributed by atoms with E-state index in [0.29, 0.717) is 0 Å². The molecule has 2 unspecified atom stereocenters. The molecule has 2 rings (SSSR count). The van der Waals surface area contributed by atoms with Crippen molar-refractivity contribution >= 4 is 11.3 Å². The average molecular weight is 250 g/mol. The van der Waals surface area contributed by atoms with E-state index in [0.717, 1.165) is 16.5 Å². The van der Waals surface area contributed by atoms with Gasteiger partial charge in [-0.15, -0.1) is 11.3 Å². The van der Waals surface area contributed by atoms with Gasteiger partial charge in [0.1, 0.15) is 5.82 Å². The molecule has 0 bridgehead atoms. The lowest BCUT2D eigenvalue weighted by Gasteiger charge is -2.17. The van der Waals surface area contributed by atoms with Crippen LogP contribution < -0.4 is 5.32 Å². The number of hydrogen-bond donors (Lipinski definition) is 2.